The molecule has 1 aromatic carbocycles. The van der Waals surface area contributed by atoms with Crippen LogP contribution in [-0.2, 0) is 4.79 Å². The normalized spacial score (nSPS) is 18.0. The molecule has 0 spiro atoms. The third-order valence-corrected chi connectivity index (χ3v) is 4.45. The van der Waals surface area contributed by atoms with Crippen LogP contribution in [0.5, 0.6) is 0 Å². The SMILES string of the molecule is CCC(=O)C1CCCCN1C(=O)c1cccc(-c2ccoc2)c1. The van der Waals surface area contributed by atoms with Gasteiger partial charge in [0.25, 0.3) is 5.91 Å². The van der Waals surface area contributed by atoms with Gasteiger partial charge < -0.3 is 9.32 Å². The summed E-state index contributed by atoms with van der Waals surface area (Å²) in [5.41, 5.74) is 2.51. The highest BCUT2D eigenvalue weighted by molar-refractivity contribution is 5.99. The van der Waals surface area contributed by atoms with E-state index in [9.17, 15) is 9.59 Å². The molecule has 4 heteroatoms. The van der Waals surface area contributed by atoms with Crippen molar-refractivity contribution in [2.75, 3.05) is 6.54 Å². The van der Waals surface area contributed by atoms with Crippen molar-refractivity contribution in [1.82, 2.24) is 4.90 Å². The van der Waals surface area contributed by atoms with Crippen LogP contribution in [0.25, 0.3) is 11.1 Å². The smallest absolute Gasteiger partial charge is 0.254 e. The number of rotatable bonds is 4. The fraction of sp³-hybridized carbons (Fsp3) is 0.368. The molecule has 0 aliphatic carbocycles. The summed E-state index contributed by atoms with van der Waals surface area (Å²) in [6, 6.07) is 9.11. The largest absolute Gasteiger partial charge is 0.472 e. The van der Waals surface area contributed by atoms with E-state index in [1.54, 1.807) is 17.4 Å². The number of likely N-dealkylation sites (tertiary alicyclic amines) is 1. The summed E-state index contributed by atoms with van der Waals surface area (Å²) >= 11 is 0. The number of nitrogens with zero attached hydrogens (tertiary/aromatic N) is 1. The number of amides is 1. The van der Waals surface area contributed by atoms with Crippen molar-refractivity contribution in [1.29, 1.82) is 0 Å². The maximum atomic E-state index is 12.9. The Morgan fingerprint density at radius 1 is 1.22 bits per heavy atom. The number of ketones is 1. The quantitative estimate of drug-likeness (QED) is 0.860. The van der Waals surface area contributed by atoms with Crippen molar-refractivity contribution in [2.24, 2.45) is 0 Å². The third-order valence-electron chi connectivity index (χ3n) is 4.45. The summed E-state index contributed by atoms with van der Waals surface area (Å²) < 4.78 is 5.11. The van der Waals surface area contributed by atoms with Gasteiger partial charge in [0.15, 0.2) is 5.78 Å². The van der Waals surface area contributed by atoms with E-state index >= 15 is 0 Å². The summed E-state index contributed by atoms with van der Waals surface area (Å²) in [7, 11) is 0. The Kier molecular flexibility index (Phi) is 4.60. The van der Waals surface area contributed by atoms with Crippen LogP contribution >= 0.6 is 0 Å². The molecule has 1 aliphatic rings. The van der Waals surface area contributed by atoms with E-state index in [0.717, 1.165) is 30.4 Å². The highest BCUT2D eigenvalue weighted by Crippen LogP contribution is 2.24. The van der Waals surface area contributed by atoms with Crippen molar-refractivity contribution >= 4 is 11.7 Å². The zero-order valence-corrected chi connectivity index (χ0v) is 13.3. The minimum absolute atomic E-state index is 0.0538. The molecule has 4 nitrogen and oxygen atoms in total. The Hall–Kier alpha value is -2.36. The standard InChI is InChI=1S/C19H21NO3/c1-2-18(21)17-8-3-4-10-20(17)19(22)15-7-5-6-14(12-15)16-9-11-23-13-16/h5-7,9,11-13,17H,2-4,8,10H2,1H3. The maximum absolute atomic E-state index is 12.9. The Balaban J connectivity index is 1.87. The number of furan rings is 1. The van der Waals surface area contributed by atoms with Crippen molar-refractivity contribution < 1.29 is 14.0 Å². The summed E-state index contributed by atoms with van der Waals surface area (Å²) in [4.78, 5) is 26.8. The predicted octanol–water partition coefficient (Wildman–Crippen LogP) is 3.92. The number of piperidine rings is 1. The first-order valence-corrected chi connectivity index (χ1v) is 8.17. The Morgan fingerprint density at radius 3 is 2.83 bits per heavy atom. The van der Waals surface area contributed by atoms with Gasteiger partial charge in [0.1, 0.15) is 0 Å². The molecule has 1 saturated heterocycles. The number of carbonyl (C=O) groups is 2. The number of hydrogen-bond donors (Lipinski definition) is 0. The average molecular weight is 311 g/mol. The van der Waals surface area contributed by atoms with E-state index in [2.05, 4.69) is 0 Å². The Labute approximate surface area is 136 Å². The monoisotopic (exact) mass is 311 g/mol. The molecule has 0 bridgehead atoms. The van der Waals surface area contributed by atoms with Gasteiger partial charge in [-0.2, -0.15) is 0 Å². The molecule has 0 N–H and O–H groups in total. The molecule has 1 fully saturated rings. The molecule has 23 heavy (non-hydrogen) atoms. The van der Waals surface area contributed by atoms with Crippen LogP contribution in [0.1, 0.15) is 43.0 Å². The molecule has 0 saturated carbocycles. The average Bonchev–Trinajstić information content (AvgIpc) is 3.15. The van der Waals surface area contributed by atoms with Gasteiger partial charge in [-0.15, -0.1) is 0 Å². The molecule has 2 heterocycles. The minimum atomic E-state index is -0.265. The Bertz CT molecular complexity index is 690. The molecular formula is C19H21NO3. The number of Topliss-reactive ketones (excluding diaryl/α,β-unsaturated/α-hetero) is 1. The van der Waals surface area contributed by atoms with E-state index < -0.39 is 0 Å². The van der Waals surface area contributed by atoms with Crippen LogP contribution in [-0.4, -0.2) is 29.2 Å². The Morgan fingerprint density at radius 2 is 2.09 bits per heavy atom. The van der Waals surface area contributed by atoms with Gasteiger partial charge in [0.05, 0.1) is 18.6 Å². The summed E-state index contributed by atoms with van der Waals surface area (Å²) in [6.07, 6.45) is 6.50. The first-order chi connectivity index (χ1) is 11.2. The maximum Gasteiger partial charge on any atom is 0.254 e. The molecule has 1 unspecified atom stereocenters. The van der Waals surface area contributed by atoms with Gasteiger partial charge in [0.2, 0.25) is 0 Å². The molecule has 1 aliphatic heterocycles. The van der Waals surface area contributed by atoms with E-state index in [-0.39, 0.29) is 17.7 Å². The van der Waals surface area contributed by atoms with Crippen LogP contribution in [0.2, 0.25) is 0 Å². The van der Waals surface area contributed by atoms with Crippen molar-refractivity contribution in [3.05, 3.63) is 48.4 Å². The summed E-state index contributed by atoms with van der Waals surface area (Å²) in [5.74, 6) is 0.103. The van der Waals surface area contributed by atoms with Gasteiger partial charge >= 0.3 is 0 Å². The molecular weight excluding hydrogens is 290 g/mol. The highest BCUT2D eigenvalue weighted by Gasteiger charge is 2.31. The van der Waals surface area contributed by atoms with Gasteiger partial charge in [-0.3, -0.25) is 9.59 Å². The van der Waals surface area contributed by atoms with Crippen LogP contribution < -0.4 is 0 Å². The molecule has 1 atom stereocenters. The molecule has 0 radical (unpaired) electrons. The zero-order valence-electron chi connectivity index (χ0n) is 13.3. The second-order valence-electron chi connectivity index (χ2n) is 5.92. The second kappa shape index (κ2) is 6.82. The molecule has 1 aromatic heterocycles. The number of benzene rings is 1. The van der Waals surface area contributed by atoms with Crippen LogP contribution in [0.3, 0.4) is 0 Å². The predicted molar refractivity (Wildman–Crippen MR) is 88.1 cm³/mol. The van der Waals surface area contributed by atoms with E-state index in [0.29, 0.717) is 18.5 Å². The third kappa shape index (κ3) is 3.21. The molecule has 120 valence electrons. The first-order valence-electron chi connectivity index (χ1n) is 8.17. The van der Waals surface area contributed by atoms with Gasteiger partial charge in [0, 0.05) is 24.1 Å². The van der Waals surface area contributed by atoms with Crippen LogP contribution in [0, 0.1) is 0 Å². The van der Waals surface area contributed by atoms with Crippen molar-refractivity contribution in [3.63, 3.8) is 0 Å². The second-order valence-corrected chi connectivity index (χ2v) is 5.92. The summed E-state index contributed by atoms with van der Waals surface area (Å²) in [5, 5.41) is 0. The van der Waals surface area contributed by atoms with Gasteiger partial charge in [-0.05, 0) is 43.0 Å². The van der Waals surface area contributed by atoms with E-state index in [4.69, 9.17) is 4.42 Å². The molecule has 3 rings (SSSR count). The first kappa shape index (κ1) is 15.5. The molecule has 1 amide bonds. The lowest BCUT2D eigenvalue weighted by Gasteiger charge is -2.34. The number of hydrogen-bond acceptors (Lipinski definition) is 3. The lowest BCUT2D eigenvalue weighted by Crippen LogP contribution is -2.47. The fourth-order valence-corrected chi connectivity index (χ4v) is 3.17. The lowest BCUT2D eigenvalue weighted by atomic mass is 9.95. The van der Waals surface area contributed by atoms with E-state index in [1.807, 2.05) is 37.3 Å². The topological polar surface area (TPSA) is 50.5 Å². The van der Waals surface area contributed by atoms with Gasteiger partial charge in [-0.25, -0.2) is 0 Å². The molecule has 2 aromatic rings. The van der Waals surface area contributed by atoms with Crippen molar-refractivity contribution in [2.45, 2.75) is 38.6 Å². The van der Waals surface area contributed by atoms with E-state index in [1.165, 1.54) is 0 Å². The number of carbonyl (C=O) groups excluding carboxylic acids is 2. The van der Waals surface area contributed by atoms with Crippen LogP contribution in [0.4, 0.5) is 0 Å². The highest BCUT2D eigenvalue weighted by atomic mass is 16.3. The van der Waals surface area contributed by atoms with Gasteiger partial charge in [-0.1, -0.05) is 19.1 Å². The zero-order chi connectivity index (χ0) is 16.2. The van der Waals surface area contributed by atoms with Crippen LogP contribution in [0.15, 0.2) is 47.3 Å². The lowest BCUT2D eigenvalue weighted by molar-refractivity contribution is -0.124. The van der Waals surface area contributed by atoms with Crippen molar-refractivity contribution in [3.8, 4) is 11.1 Å². The fourth-order valence-electron chi connectivity index (χ4n) is 3.17. The summed E-state index contributed by atoms with van der Waals surface area (Å²) in [6.45, 7) is 2.52. The minimum Gasteiger partial charge on any atom is -0.472 e.